The normalized spacial score (nSPS) is 13.8. The first-order chi connectivity index (χ1) is 14.1. The van der Waals surface area contributed by atoms with Gasteiger partial charge in [-0.2, -0.15) is 0 Å². The summed E-state index contributed by atoms with van der Waals surface area (Å²) < 4.78 is 13.5. The van der Waals surface area contributed by atoms with Gasteiger partial charge in [0, 0.05) is 30.9 Å². The van der Waals surface area contributed by atoms with E-state index < -0.39 is 0 Å². The predicted octanol–water partition coefficient (Wildman–Crippen LogP) is 3.89. The number of aryl methyl sites for hydroxylation is 1. The summed E-state index contributed by atoms with van der Waals surface area (Å²) in [7, 11) is 0. The number of piperidine rings is 1. The number of hydrogen-bond donors (Lipinski definition) is 2. The van der Waals surface area contributed by atoms with Crippen LogP contribution in [0.2, 0.25) is 0 Å². The van der Waals surface area contributed by atoms with Gasteiger partial charge >= 0.3 is 0 Å². The maximum atomic E-state index is 13.5. The number of carbonyl (C=O) groups excluding carboxylic acids is 2. The second-order valence-electron chi connectivity index (χ2n) is 7.36. The van der Waals surface area contributed by atoms with Crippen LogP contribution in [0.1, 0.15) is 37.7 Å². The molecule has 1 saturated heterocycles. The zero-order chi connectivity index (χ0) is 20.5. The molecule has 2 amide bonds. The third-order valence-corrected chi connectivity index (χ3v) is 5.13. The molecule has 5 nitrogen and oxygen atoms in total. The molecular formula is C23H28FN3O2. The van der Waals surface area contributed by atoms with Crippen molar-refractivity contribution in [1.29, 1.82) is 0 Å². The summed E-state index contributed by atoms with van der Waals surface area (Å²) in [5.41, 5.74) is 2.49. The van der Waals surface area contributed by atoms with Gasteiger partial charge in [-0.25, -0.2) is 4.39 Å². The first-order valence-corrected chi connectivity index (χ1v) is 10.3. The Labute approximate surface area is 171 Å². The molecule has 1 aliphatic rings. The number of carbonyl (C=O) groups is 2. The van der Waals surface area contributed by atoms with Gasteiger partial charge in [-0.3, -0.25) is 9.59 Å². The van der Waals surface area contributed by atoms with E-state index in [1.165, 1.54) is 31.0 Å². The van der Waals surface area contributed by atoms with E-state index in [0.29, 0.717) is 24.1 Å². The standard InChI is InChI=1S/C23H28FN3O2/c24-21-9-3-2-7-18(21)8-6-10-22(28)25-17-23(29)26-19-11-13-20(14-12-19)27-15-4-1-5-16-27/h2-3,7,9,11-14H,1,4-6,8,10,15-17H2,(H,25,28)(H,26,29). The monoisotopic (exact) mass is 397 g/mol. The van der Waals surface area contributed by atoms with E-state index in [1.807, 2.05) is 24.3 Å². The zero-order valence-electron chi connectivity index (χ0n) is 16.6. The molecule has 0 atom stereocenters. The molecule has 3 rings (SSSR count). The fourth-order valence-corrected chi connectivity index (χ4v) is 3.52. The summed E-state index contributed by atoms with van der Waals surface area (Å²) >= 11 is 0. The molecule has 1 fully saturated rings. The molecule has 0 saturated carbocycles. The summed E-state index contributed by atoms with van der Waals surface area (Å²) in [6.45, 7) is 2.08. The van der Waals surface area contributed by atoms with Crippen LogP contribution in [0.25, 0.3) is 0 Å². The lowest BCUT2D eigenvalue weighted by molar-refractivity contribution is -0.124. The molecule has 1 heterocycles. The maximum absolute atomic E-state index is 13.5. The van der Waals surface area contributed by atoms with E-state index in [9.17, 15) is 14.0 Å². The second-order valence-corrected chi connectivity index (χ2v) is 7.36. The highest BCUT2D eigenvalue weighted by atomic mass is 19.1. The zero-order valence-corrected chi connectivity index (χ0v) is 16.6. The van der Waals surface area contributed by atoms with Crippen LogP contribution in [-0.2, 0) is 16.0 Å². The van der Waals surface area contributed by atoms with Crippen molar-refractivity contribution in [1.82, 2.24) is 5.32 Å². The summed E-state index contributed by atoms with van der Waals surface area (Å²) in [6.07, 6.45) is 5.02. The lowest BCUT2D eigenvalue weighted by Crippen LogP contribution is -2.32. The van der Waals surface area contributed by atoms with Crippen molar-refractivity contribution in [2.45, 2.75) is 38.5 Å². The molecule has 0 aliphatic carbocycles. The lowest BCUT2D eigenvalue weighted by Gasteiger charge is -2.28. The molecule has 154 valence electrons. The molecule has 29 heavy (non-hydrogen) atoms. The molecule has 6 heteroatoms. The van der Waals surface area contributed by atoms with E-state index >= 15 is 0 Å². The van der Waals surface area contributed by atoms with Crippen LogP contribution in [0.15, 0.2) is 48.5 Å². The summed E-state index contributed by atoms with van der Waals surface area (Å²) in [5.74, 6) is -0.728. The number of anilines is 2. The number of nitrogens with one attached hydrogen (secondary N) is 2. The molecule has 0 radical (unpaired) electrons. The highest BCUT2D eigenvalue weighted by Crippen LogP contribution is 2.21. The third-order valence-electron chi connectivity index (χ3n) is 5.13. The summed E-state index contributed by atoms with van der Waals surface area (Å²) in [4.78, 5) is 26.3. The van der Waals surface area contributed by atoms with Gasteiger partial charge in [0.05, 0.1) is 6.54 Å². The number of benzene rings is 2. The predicted molar refractivity (Wildman–Crippen MR) is 113 cm³/mol. The van der Waals surface area contributed by atoms with Crippen LogP contribution in [0.4, 0.5) is 15.8 Å². The van der Waals surface area contributed by atoms with Crippen LogP contribution < -0.4 is 15.5 Å². The smallest absolute Gasteiger partial charge is 0.243 e. The Balaban J connectivity index is 1.35. The van der Waals surface area contributed by atoms with E-state index in [1.54, 1.807) is 18.2 Å². The molecule has 2 aromatic rings. The number of nitrogens with zero attached hydrogens (tertiary/aromatic N) is 1. The van der Waals surface area contributed by atoms with Crippen LogP contribution in [-0.4, -0.2) is 31.4 Å². The Morgan fingerprint density at radius 3 is 2.38 bits per heavy atom. The van der Waals surface area contributed by atoms with Crippen molar-refractivity contribution in [2.24, 2.45) is 0 Å². The Morgan fingerprint density at radius 1 is 0.931 bits per heavy atom. The van der Waals surface area contributed by atoms with Gasteiger partial charge in [0.1, 0.15) is 5.82 Å². The quantitative estimate of drug-likeness (QED) is 0.710. The average Bonchev–Trinajstić information content (AvgIpc) is 2.75. The topological polar surface area (TPSA) is 61.4 Å². The van der Waals surface area contributed by atoms with Gasteiger partial charge < -0.3 is 15.5 Å². The SMILES string of the molecule is O=C(CCCc1ccccc1F)NCC(=O)Nc1ccc(N2CCCCC2)cc1. The van der Waals surface area contributed by atoms with Crippen molar-refractivity contribution in [2.75, 3.05) is 29.9 Å². The van der Waals surface area contributed by atoms with Crippen molar-refractivity contribution < 1.29 is 14.0 Å². The van der Waals surface area contributed by atoms with Gasteiger partial charge in [0.2, 0.25) is 11.8 Å². The lowest BCUT2D eigenvalue weighted by atomic mass is 10.1. The fraction of sp³-hybridized carbons (Fsp3) is 0.391. The van der Waals surface area contributed by atoms with Crippen LogP contribution in [0.5, 0.6) is 0 Å². The highest BCUT2D eigenvalue weighted by molar-refractivity contribution is 5.94. The molecule has 1 aliphatic heterocycles. The van der Waals surface area contributed by atoms with E-state index in [4.69, 9.17) is 0 Å². The van der Waals surface area contributed by atoms with Crippen molar-refractivity contribution in [3.63, 3.8) is 0 Å². The van der Waals surface area contributed by atoms with Crippen molar-refractivity contribution in [3.8, 4) is 0 Å². The number of rotatable bonds is 8. The van der Waals surface area contributed by atoms with E-state index in [-0.39, 0.29) is 30.6 Å². The summed E-state index contributed by atoms with van der Waals surface area (Å²) in [5, 5.41) is 5.41. The average molecular weight is 397 g/mol. The highest BCUT2D eigenvalue weighted by Gasteiger charge is 2.11. The molecule has 0 spiro atoms. The van der Waals surface area contributed by atoms with Crippen molar-refractivity contribution in [3.05, 3.63) is 59.9 Å². The second kappa shape index (κ2) is 10.6. The Bertz CT molecular complexity index is 817. The molecule has 0 aromatic heterocycles. The number of halogens is 1. The van der Waals surface area contributed by atoms with Crippen molar-refractivity contribution >= 4 is 23.2 Å². The first-order valence-electron chi connectivity index (χ1n) is 10.3. The van der Waals surface area contributed by atoms with Gasteiger partial charge in [0.25, 0.3) is 0 Å². The van der Waals surface area contributed by atoms with E-state index in [0.717, 1.165) is 13.1 Å². The fourth-order valence-electron chi connectivity index (χ4n) is 3.52. The first kappa shape index (κ1) is 20.8. The molecule has 0 unspecified atom stereocenters. The molecule has 2 N–H and O–H groups in total. The van der Waals surface area contributed by atoms with Gasteiger partial charge in [-0.05, 0) is 68.0 Å². The van der Waals surface area contributed by atoms with Gasteiger partial charge in [0.15, 0.2) is 0 Å². The van der Waals surface area contributed by atoms with Gasteiger partial charge in [-0.15, -0.1) is 0 Å². The molecular weight excluding hydrogens is 369 g/mol. The number of amides is 2. The number of hydrogen-bond acceptors (Lipinski definition) is 3. The minimum Gasteiger partial charge on any atom is -0.372 e. The molecule has 0 bridgehead atoms. The van der Waals surface area contributed by atoms with Crippen LogP contribution in [0.3, 0.4) is 0 Å². The minimum absolute atomic E-state index is 0.0770. The molecule has 2 aromatic carbocycles. The third kappa shape index (κ3) is 6.59. The van der Waals surface area contributed by atoms with Crippen LogP contribution >= 0.6 is 0 Å². The summed E-state index contributed by atoms with van der Waals surface area (Å²) in [6, 6.07) is 14.4. The van der Waals surface area contributed by atoms with Crippen LogP contribution in [0, 0.1) is 5.82 Å². The Hall–Kier alpha value is -2.89. The Morgan fingerprint density at radius 2 is 1.66 bits per heavy atom. The largest absolute Gasteiger partial charge is 0.372 e. The minimum atomic E-state index is -0.266. The van der Waals surface area contributed by atoms with E-state index in [2.05, 4.69) is 15.5 Å². The maximum Gasteiger partial charge on any atom is 0.243 e. The van der Waals surface area contributed by atoms with Gasteiger partial charge in [-0.1, -0.05) is 18.2 Å². The Kier molecular flexibility index (Phi) is 7.61.